The van der Waals surface area contributed by atoms with E-state index in [1.807, 2.05) is 83.8 Å². The highest BCUT2D eigenvalue weighted by molar-refractivity contribution is 5.94. The molecule has 0 spiro atoms. The fourth-order valence-corrected chi connectivity index (χ4v) is 4.32. The van der Waals surface area contributed by atoms with E-state index < -0.39 is 6.10 Å². The van der Waals surface area contributed by atoms with E-state index in [0.717, 1.165) is 42.7 Å². The zero-order chi connectivity index (χ0) is 21.5. The van der Waals surface area contributed by atoms with Crippen LogP contribution in [0.3, 0.4) is 0 Å². The predicted octanol–water partition coefficient (Wildman–Crippen LogP) is 4.67. The topological polar surface area (TPSA) is 43.8 Å². The van der Waals surface area contributed by atoms with Crippen molar-refractivity contribution in [2.75, 3.05) is 24.5 Å². The first-order valence-electron chi connectivity index (χ1n) is 11.1. The number of nitrogens with zero attached hydrogens (tertiary/aromatic N) is 2. The molecule has 1 N–H and O–H groups in total. The summed E-state index contributed by atoms with van der Waals surface area (Å²) in [6.07, 6.45) is 1.36. The fraction of sp³-hybridized carbons (Fsp3) is 0.296. The molecule has 1 heterocycles. The molecule has 1 fully saturated rings. The second-order valence-corrected chi connectivity index (χ2v) is 8.27. The first-order chi connectivity index (χ1) is 15.2. The van der Waals surface area contributed by atoms with E-state index in [4.69, 9.17) is 0 Å². The van der Waals surface area contributed by atoms with Crippen LogP contribution in [0.2, 0.25) is 0 Å². The minimum Gasteiger partial charge on any atom is -0.388 e. The summed E-state index contributed by atoms with van der Waals surface area (Å²) in [6.45, 7) is 2.62. The number of likely N-dealkylation sites (tertiary alicyclic amines) is 1. The molecule has 1 aliphatic rings. The summed E-state index contributed by atoms with van der Waals surface area (Å²) in [5, 5.41) is 10.7. The maximum absolute atomic E-state index is 13.3. The molecular formula is C27H30N2O2. The second-order valence-electron chi connectivity index (χ2n) is 8.27. The largest absolute Gasteiger partial charge is 0.388 e. The number of hydrogen-bond donors (Lipinski definition) is 1. The van der Waals surface area contributed by atoms with Gasteiger partial charge in [-0.1, -0.05) is 78.9 Å². The molecule has 1 amide bonds. The van der Waals surface area contributed by atoms with Crippen LogP contribution in [-0.2, 0) is 11.3 Å². The predicted molar refractivity (Wildman–Crippen MR) is 125 cm³/mol. The van der Waals surface area contributed by atoms with Crippen LogP contribution in [-0.4, -0.2) is 35.5 Å². The first kappa shape index (κ1) is 21.3. The quantitative estimate of drug-likeness (QED) is 0.611. The van der Waals surface area contributed by atoms with Crippen LogP contribution in [0.5, 0.6) is 0 Å². The summed E-state index contributed by atoms with van der Waals surface area (Å²) >= 11 is 0. The van der Waals surface area contributed by atoms with Crippen molar-refractivity contribution < 1.29 is 9.90 Å². The van der Waals surface area contributed by atoms with Gasteiger partial charge in [-0.2, -0.15) is 0 Å². The summed E-state index contributed by atoms with van der Waals surface area (Å²) in [5.74, 6) is 0.348. The lowest BCUT2D eigenvalue weighted by atomic mass is 9.87. The first-order valence-corrected chi connectivity index (χ1v) is 11.1. The van der Waals surface area contributed by atoms with Gasteiger partial charge in [-0.25, -0.2) is 0 Å². The molecule has 0 aromatic heterocycles. The van der Waals surface area contributed by atoms with Crippen molar-refractivity contribution in [3.8, 4) is 0 Å². The fourth-order valence-electron chi connectivity index (χ4n) is 4.32. The van der Waals surface area contributed by atoms with Crippen molar-refractivity contribution in [1.29, 1.82) is 0 Å². The summed E-state index contributed by atoms with van der Waals surface area (Å²) < 4.78 is 0. The van der Waals surface area contributed by atoms with Crippen LogP contribution in [0.1, 0.15) is 30.1 Å². The van der Waals surface area contributed by atoms with Crippen molar-refractivity contribution in [3.63, 3.8) is 0 Å². The van der Waals surface area contributed by atoms with Gasteiger partial charge < -0.3 is 10.0 Å². The molecule has 0 saturated carbocycles. The summed E-state index contributed by atoms with van der Waals surface area (Å²) in [5.41, 5.74) is 3.02. The van der Waals surface area contributed by atoms with Crippen LogP contribution >= 0.6 is 0 Å². The van der Waals surface area contributed by atoms with E-state index in [-0.39, 0.29) is 11.8 Å². The lowest BCUT2D eigenvalue weighted by molar-refractivity contribution is -0.120. The molecule has 160 valence electrons. The van der Waals surface area contributed by atoms with Crippen molar-refractivity contribution in [2.45, 2.75) is 25.5 Å². The van der Waals surface area contributed by atoms with E-state index in [1.54, 1.807) is 0 Å². The molecule has 1 unspecified atom stereocenters. The maximum Gasteiger partial charge on any atom is 0.241 e. The van der Waals surface area contributed by atoms with Crippen LogP contribution < -0.4 is 4.90 Å². The smallest absolute Gasteiger partial charge is 0.241 e. The molecule has 3 aromatic rings. The van der Waals surface area contributed by atoms with E-state index in [1.165, 1.54) is 0 Å². The molecule has 31 heavy (non-hydrogen) atoms. The van der Waals surface area contributed by atoms with Crippen LogP contribution in [0.25, 0.3) is 0 Å². The standard InChI is InChI=1S/C27H30N2O2/c30-26(29(25-14-8-3-9-15-25)20-22-10-4-1-5-11-22)21-28-18-16-24(17-19-28)27(31)23-12-6-2-7-13-23/h1-15,24,27,31H,16-21H2. The van der Waals surface area contributed by atoms with Crippen LogP contribution in [0.4, 0.5) is 5.69 Å². The van der Waals surface area contributed by atoms with Gasteiger partial charge >= 0.3 is 0 Å². The van der Waals surface area contributed by atoms with Gasteiger partial charge in [0, 0.05) is 5.69 Å². The Labute approximate surface area is 184 Å². The number of aliphatic hydroxyl groups is 1. The van der Waals surface area contributed by atoms with E-state index in [9.17, 15) is 9.90 Å². The van der Waals surface area contributed by atoms with Crippen molar-refractivity contribution in [3.05, 3.63) is 102 Å². The minimum absolute atomic E-state index is 0.108. The van der Waals surface area contributed by atoms with Gasteiger partial charge in [0.05, 0.1) is 19.2 Å². The Morgan fingerprint density at radius 3 is 2.03 bits per heavy atom. The molecule has 0 bridgehead atoms. The molecule has 4 heteroatoms. The van der Waals surface area contributed by atoms with Crippen LogP contribution in [0.15, 0.2) is 91.0 Å². The average molecular weight is 415 g/mol. The summed E-state index contributed by atoms with van der Waals surface area (Å²) in [4.78, 5) is 17.4. The minimum atomic E-state index is -0.432. The van der Waals surface area contributed by atoms with Gasteiger partial charge in [-0.3, -0.25) is 9.69 Å². The lowest BCUT2D eigenvalue weighted by Gasteiger charge is -2.35. The highest BCUT2D eigenvalue weighted by atomic mass is 16.3. The molecule has 1 aliphatic heterocycles. The van der Waals surface area contributed by atoms with Gasteiger partial charge in [-0.05, 0) is 55.1 Å². The van der Waals surface area contributed by atoms with Crippen molar-refractivity contribution in [1.82, 2.24) is 4.90 Å². The van der Waals surface area contributed by atoms with Crippen LogP contribution in [0, 0.1) is 5.92 Å². The van der Waals surface area contributed by atoms with Crippen molar-refractivity contribution in [2.24, 2.45) is 5.92 Å². The Morgan fingerprint density at radius 1 is 0.871 bits per heavy atom. The number of piperidine rings is 1. The number of benzene rings is 3. The molecule has 0 aliphatic carbocycles. The van der Waals surface area contributed by atoms with E-state index >= 15 is 0 Å². The molecular weight excluding hydrogens is 384 g/mol. The van der Waals surface area contributed by atoms with Gasteiger partial charge in [0.1, 0.15) is 0 Å². The normalized spacial score (nSPS) is 16.0. The van der Waals surface area contributed by atoms with Gasteiger partial charge in [0.15, 0.2) is 0 Å². The molecule has 0 radical (unpaired) electrons. The van der Waals surface area contributed by atoms with Gasteiger partial charge in [0.25, 0.3) is 0 Å². The molecule has 4 rings (SSSR count). The number of rotatable bonds is 7. The highest BCUT2D eigenvalue weighted by Crippen LogP contribution is 2.30. The lowest BCUT2D eigenvalue weighted by Crippen LogP contribution is -2.44. The van der Waals surface area contributed by atoms with Gasteiger partial charge in [-0.15, -0.1) is 0 Å². The number of carbonyl (C=O) groups excluding carboxylic acids is 1. The number of anilines is 1. The Kier molecular flexibility index (Phi) is 7.13. The highest BCUT2D eigenvalue weighted by Gasteiger charge is 2.28. The zero-order valence-corrected chi connectivity index (χ0v) is 17.8. The molecule has 4 nitrogen and oxygen atoms in total. The summed E-state index contributed by atoms with van der Waals surface area (Å²) in [7, 11) is 0. The average Bonchev–Trinajstić information content (AvgIpc) is 2.84. The Balaban J connectivity index is 1.38. The number of hydrogen-bond acceptors (Lipinski definition) is 3. The third kappa shape index (κ3) is 5.60. The Bertz CT molecular complexity index is 939. The Morgan fingerprint density at radius 2 is 1.42 bits per heavy atom. The molecule has 3 aromatic carbocycles. The van der Waals surface area contributed by atoms with E-state index in [0.29, 0.717) is 13.1 Å². The maximum atomic E-state index is 13.3. The molecule has 1 saturated heterocycles. The number of para-hydroxylation sites is 1. The third-order valence-electron chi connectivity index (χ3n) is 6.13. The summed E-state index contributed by atoms with van der Waals surface area (Å²) in [6, 6.07) is 29.9. The van der Waals surface area contributed by atoms with Crippen molar-refractivity contribution >= 4 is 11.6 Å². The second kappa shape index (κ2) is 10.4. The van der Waals surface area contributed by atoms with Gasteiger partial charge in [0.2, 0.25) is 5.91 Å². The number of aliphatic hydroxyl groups excluding tert-OH is 1. The number of carbonyl (C=O) groups is 1. The third-order valence-corrected chi connectivity index (χ3v) is 6.13. The zero-order valence-electron chi connectivity index (χ0n) is 17.8. The SMILES string of the molecule is O=C(CN1CCC(C(O)c2ccccc2)CC1)N(Cc1ccccc1)c1ccccc1. The Hall–Kier alpha value is -2.95. The molecule has 1 atom stereocenters. The monoisotopic (exact) mass is 414 g/mol. The number of amides is 1. The van der Waals surface area contributed by atoms with E-state index in [2.05, 4.69) is 17.0 Å².